The number of para-hydroxylation sites is 1. The number of carbonyl (C=O) groups is 1. The number of hydrogen-bond donors (Lipinski definition) is 0. The van der Waals surface area contributed by atoms with Gasteiger partial charge in [0.1, 0.15) is 0 Å². The molecule has 0 unspecified atom stereocenters. The van der Waals surface area contributed by atoms with Crippen LogP contribution in [0.2, 0.25) is 0 Å². The average Bonchev–Trinajstić information content (AvgIpc) is 3.17. The highest BCUT2D eigenvalue weighted by Gasteiger charge is 2.25. The van der Waals surface area contributed by atoms with E-state index in [1.54, 1.807) is 11.0 Å². The Kier molecular flexibility index (Phi) is 7.41. The van der Waals surface area contributed by atoms with Crippen LogP contribution < -0.4 is 4.90 Å². The van der Waals surface area contributed by atoms with Gasteiger partial charge in [0, 0.05) is 24.3 Å². The summed E-state index contributed by atoms with van der Waals surface area (Å²) in [5.74, 6) is 0.665. The Morgan fingerprint density at radius 1 is 1.20 bits per heavy atom. The number of carbonyl (C=O) groups excluding carboxylic acids is 1. The zero-order valence-electron chi connectivity index (χ0n) is 16.8. The Bertz CT molecular complexity index is 1030. The van der Waals surface area contributed by atoms with Gasteiger partial charge in [-0.15, -0.1) is 16.8 Å². The Morgan fingerprint density at radius 2 is 1.87 bits per heavy atom. The Balaban J connectivity index is 1.84. The number of allylic oxidation sites excluding steroid dienone is 1. The normalized spacial score (nSPS) is 11.5. The van der Waals surface area contributed by atoms with E-state index < -0.39 is 5.25 Å². The molecule has 0 radical (unpaired) electrons. The monoisotopic (exact) mass is 417 g/mol. The van der Waals surface area contributed by atoms with Gasteiger partial charge in [-0.2, -0.15) is 5.26 Å². The van der Waals surface area contributed by atoms with E-state index in [0.29, 0.717) is 18.2 Å². The molecule has 0 aliphatic rings. The van der Waals surface area contributed by atoms with Crippen molar-refractivity contribution in [1.29, 1.82) is 5.26 Å². The van der Waals surface area contributed by atoms with Crippen LogP contribution in [0.5, 0.6) is 0 Å². The number of nitriles is 1. The predicted molar refractivity (Wildman–Crippen MR) is 120 cm³/mol. The van der Waals surface area contributed by atoms with Crippen molar-refractivity contribution in [2.45, 2.75) is 30.3 Å². The minimum Gasteiger partial charge on any atom is -0.310 e. The average molecular weight is 418 g/mol. The van der Waals surface area contributed by atoms with Crippen LogP contribution in [0.4, 0.5) is 5.69 Å². The van der Waals surface area contributed by atoms with E-state index in [-0.39, 0.29) is 12.3 Å². The minimum absolute atomic E-state index is 0.0733. The fourth-order valence-electron chi connectivity index (χ4n) is 3.03. The van der Waals surface area contributed by atoms with E-state index in [4.69, 9.17) is 5.26 Å². The van der Waals surface area contributed by atoms with E-state index in [2.05, 4.69) is 22.8 Å². The zero-order valence-corrected chi connectivity index (χ0v) is 17.6. The zero-order chi connectivity index (χ0) is 21.3. The summed E-state index contributed by atoms with van der Waals surface area (Å²) in [6, 6.07) is 21.3. The van der Waals surface area contributed by atoms with Gasteiger partial charge in [0.25, 0.3) is 0 Å². The fourth-order valence-corrected chi connectivity index (χ4v) is 3.96. The van der Waals surface area contributed by atoms with Crippen LogP contribution in [0.15, 0.2) is 78.5 Å². The van der Waals surface area contributed by atoms with Crippen LogP contribution in [0, 0.1) is 11.3 Å². The molecule has 1 heterocycles. The SMILES string of the molecule is C=CCn1c(S[C@H](C)C(=O)N(CCC#N)c2ccccc2)nnc1-c1ccccc1. The van der Waals surface area contributed by atoms with Crippen molar-refractivity contribution < 1.29 is 4.79 Å². The summed E-state index contributed by atoms with van der Waals surface area (Å²) in [6.07, 6.45) is 2.05. The first-order valence-electron chi connectivity index (χ1n) is 9.65. The molecule has 1 aromatic heterocycles. The van der Waals surface area contributed by atoms with Gasteiger partial charge >= 0.3 is 0 Å². The van der Waals surface area contributed by atoms with Gasteiger partial charge < -0.3 is 4.90 Å². The molecule has 0 fully saturated rings. The number of anilines is 1. The van der Waals surface area contributed by atoms with Gasteiger partial charge in [-0.3, -0.25) is 9.36 Å². The molecule has 3 aromatic rings. The molecule has 3 rings (SSSR count). The van der Waals surface area contributed by atoms with Crippen molar-refractivity contribution in [3.05, 3.63) is 73.3 Å². The van der Waals surface area contributed by atoms with Crippen molar-refractivity contribution in [2.24, 2.45) is 0 Å². The van der Waals surface area contributed by atoms with Gasteiger partial charge in [-0.1, -0.05) is 66.4 Å². The van der Waals surface area contributed by atoms with E-state index in [1.807, 2.05) is 72.2 Å². The Labute approximate surface area is 180 Å². The van der Waals surface area contributed by atoms with E-state index in [9.17, 15) is 4.79 Å². The molecule has 2 aromatic carbocycles. The first-order valence-corrected chi connectivity index (χ1v) is 10.5. The standard InChI is InChI=1S/C23H23N5OS/c1-3-16-28-21(19-11-6-4-7-12-19)25-26-23(28)30-18(2)22(29)27(17-10-15-24)20-13-8-5-9-14-20/h3-9,11-14,18H,1,10,16-17H2,2H3/t18-/m1/s1. The smallest absolute Gasteiger partial charge is 0.240 e. The number of rotatable bonds is 9. The molecule has 0 saturated heterocycles. The van der Waals surface area contributed by atoms with Crippen LogP contribution in [0.1, 0.15) is 13.3 Å². The molecule has 0 aliphatic carbocycles. The van der Waals surface area contributed by atoms with Gasteiger partial charge in [0.2, 0.25) is 5.91 Å². The van der Waals surface area contributed by atoms with E-state index in [0.717, 1.165) is 17.1 Å². The number of aromatic nitrogens is 3. The summed E-state index contributed by atoms with van der Waals surface area (Å²) >= 11 is 1.36. The van der Waals surface area contributed by atoms with Gasteiger partial charge in [0.05, 0.1) is 17.7 Å². The molecule has 6 nitrogen and oxygen atoms in total. The first kappa shape index (κ1) is 21.3. The third-order valence-corrected chi connectivity index (χ3v) is 5.54. The number of nitrogens with zero attached hydrogens (tertiary/aromatic N) is 5. The summed E-state index contributed by atoms with van der Waals surface area (Å²) in [6.45, 7) is 6.57. The lowest BCUT2D eigenvalue weighted by atomic mass is 10.2. The fraction of sp³-hybridized carbons (Fsp3) is 0.217. The largest absolute Gasteiger partial charge is 0.310 e. The maximum Gasteiger partial charge on any atom is 0.240 e. The second-order valence-corrected chi connectivity index (χ2v) is 7.87. The molecular weight excluding hydrogens is 394 g/mol. The molecule has 7 heteroatoms. The first-order chi connectivity index (χ1) is 14.7. The van der Waals surface area contributed by atoms with Crippen molar-refractivity contribution in [3.8, 4) is 17.5 Å². The summed E-state index contributed by atoms with van der Waals surface area (Å²) < 4.78 is 1.96. The Morgan fingerprint density at radius 3 is 2.50 bits per heavy atom. The van der Waals surface area contributed by atoms with Crippen LogP contribution in [-0.4, -0.2) is 32.5 Å². The molecule has 1 atom stereocenters. The quantitative estimate of drug-likeness (QED) is 0.377. The number of hydrogen-bond acceptors (Lipinski definition) is 5. The number of benzene rings is 2. The highest BCUT2D eigenvalue weighted by atomic mass is 32.2. The van der Waals surface area contributed by atoms with Crippen molar-refractivity contribution in [3.63, 3.8) is 0 Å². The second-order valence-electron chi connectivity index (χ2n) is 6.57. The summed E-state index contributed by atoms with van der Waals surface area (Å²) in [5.41, 5.74) is 1.74. The second kappa shape index (κ2) is 10.4. The van der Waals surface area contributed by atoms with Crippen molar-refractivity contribution >= 4 is 23.4 Å². The molecule has 152 valence electrons. The molecule has 0 saturated carbocycles. The lowest BCUT2D eigenvalue weighted by Crippen LogP contribution is -2.37. The van der Waals surface area contributed by atoms with E-state index in [1.165, 1.54) is 11.8 Å². The maximum absolute atomic E-state index is 13.2. The van der Waals surface area contributed by atoms with Crippen LogP contribution >= 0.6 is 11.8 Å². The third-order valence-electron chi connectivity index (χ3n) is 4.47. The molecule has 30 heavy (non-hydrogen) atoms. The summed E-state index contributed by atoms with van der Waals surface area (Å²) in [7, 11) is 0. The minimum atomic E-state index is -0.403. The highest BCUT2D eigenvalue weighted by molar-refractivity contribution is 8.00. The van der Waals surface area contributed by atoms with Crippen LogP contribution in [0.3, 0.4) is 0 Å². The highest BCUT2D eigenvalue weighted by Crippen LogP contribution is 2.28. The number of amides is 1. The lowest BCUT2D eigenvalue weighted by molar-refractivity contribution is -0.117. The molecule has 0 N–H and O–H groups in total. The molecule has 0 aliphatic heterocycles. The van der Waals surface area contributed by atoms with Crippen molar-refractivity contribution in [2.75, 3.05) is 11.4 Å². The summed E-state index contributed by atoms with van der Waals surface area (Å²) in [5, 5.41) is 17.9. The molecule has 0 spiro atoms. The van der Waals surface area contributed by atoms with Crippen molar-refractivity contribution in [1.82, 2.24) is 14.8 Å². The Hall–Kier alpha value is -3.37. The maximum atomic E-state index is 13.2. The molecule has 1 amide bonds. The van der Waals surface area contributed by atoms with Gasteiger partial charge in [-0.05, 0) is 19.1 Å². The van der Waals surface area contributed by atoms with Crippen LogP contribution in [0.25, 0.3) is 11.4 Å². The number of thioether (sulfide) groups is 1. The third kappa shape index (κ3) is 4.97. The van der Waals surface area contributed by atoms with Gasteiger partial charge in [-0.25, -0.2) is 0 Å². The lowest BCUT2D eigenvalue weighted by Gasteiger charge is -2.24. The topological polar surface area (TPSA) is 74.8 Å². The van der Waals surface area contributed by atoms with Gasteiger partial charge in [0.15, 0.2) is 11.0 Å². The van der Waals surface area contributed by atoms with E-state index >= 15 is 0 Å². The molecule has 0 bridgehead atoms. The summed E-state index contributed by atoms with van der Waals surface area (Å²) in [4.78, 5) is 14.9. The van der Waals surface area contributed by atoms with Crippen LogP contribution in [-0.2, 0) is 11.3 Å². The molecular formula is C23H23N5OS. The predicted octanol–water partition coefficient (Wildman–Crippen LogP) is 4.56.